The van der Waals surface area contributed by atoms with Gasteiger partial charge in [-0.3, -0.25) is 19.2 Å². The van der Waals surface area contributed by atoms with Crippen molar-refractivity contribution in [1.29, 1.82) is 0 Å². The molecule has 0 aliphatic carbocycles. The average Bonchev–Trinajstić information content (AvgIpc) is 2.66. The molecule has 0 aromatic heterocycles. The van der Waals surface area contributed by atoms with Crippen LogP contribution in [-0.2, 0) is 14.8 Å². The van der Waals surface area contributed by atoms with Crippen LogP contribution in [0.2, 0.25) is 0 Å². The summed E-state index contributed by atoms with van der Waals surface area (Å²) in [4.78, 5) is 22.0. The van der Waals surface area contributed by atoms with Gasteiger partial charge in [0.1, 0.15) is 5.75 Å². The number of likely N-dealkylation sites (N-methyl/N-ethyl adjacent to an activating group) is 1. The number of anilines is 1. The molecule has 0 fully saturated rings. The van der Waals surface area contributed by atoms with Crippen LogP contribution in [0.15, 0.2) is 53.4 Å². The third-order valence-corrected chi connectivity index (χ3v) is 5.73. The number of nitrogens with one attached hydrogen (secondary N) is 1. The third kappa shape index (κ3) is 2.94. The van der Waals surface area contributed by atoms with Crippen molar-refractivity contribution >= 4 is 27.3 Å². The van der Waals surface area contributed by atoms with E-state index in [1.807, 2.05) is 0 Å². The van der Waals surface area contributed by atoms with E-state index in [0.29, 0.717) is 0 Å². The highest BCUT2D eigenvalue weighted by molar-refractivity contribution is 7.93. The second kappa shape index (κ2) is 6.64. The average molecular weight is 377 g/mol. The highest BCUT2D eigenvalue weighted by Gasteiger charge is 2.39. The maximum atomic E-state index is 13.2. The summed E-state index contributed by atoms with van der Waals surface area (Å²) < 4.78 is 32.9. The molecule has 1 atom stereocenters. The SMILES string of the molecule is CNC(=O)C1CN(S(=O)(=O)c2ccccc2[N+](=O)[O-])c2ccccc2O1. The minimum Gasteiger partial charge on any atom is -0.476 e. The van der Waals surface area contributed by atoms with Gasteiger partial charge in [0, 0.05) is 13.1 Å². The normalized spacial score (nSPS) is 16.3. The Morgan fingerprint density at radius 2 is 1.88 bits per heavy atom. The number of benzene rings is 2. The molecule has 26 heavy (non-hydrogen) atoms. The first kappa shape index (κ1) is 17.7. The van der Waals surface area contributed by atoms with Crippen LogP contribution in [0.25, 0.3) is 0 Å². The molecule has 0 saturated heterocycles. The van der Waals surface area contributed by atoms with E-state index >= 15 is 0 Å². The number of ether oxygens (including phenoxy) is 1. The standard InChI is InChI=1S/C16H15N3O6S/c1-17-16(20)14-10-18(11-6-2-4-8-13(11)25-14)26(23,24)15-9-5-3-7-12(15)19(21)22/h2-9,14H,10H2,1H3,(H,17,20). The van der Waals surface area contributed by atoms with Gasteiger partial charge in [0.05, 0.1) is 17.2 Å². The lowest BCUT2D eigenvalue weighted by Gasteiger charge is -2.34. The van der Waals surface area contributed by atoms with Crippen molar-refractivity contribution in [2.75, 3.05) is 17.9 Å². The van der Waals surface area contributed by atoms with Gasteiger partial charge >= 0.3 is 0 Å². The smallest absolute Gasteiger partial charge is 0.289 e. The first-order chi connectivity index (χ1) is 12.4. The van der Waals surface area contributed by atoms with E-state index < -0.39 is 37.5 Å². The Labute approximate surface area is 149 Å². The van der Waals surface area contributed by atoms with E-state index in [9.17, 15) is 23.3 Å². The summed E-state index contributed by atoms with van der Waals surface area (Å²) >= 11 is 0. The van der Waals surface area contributed by atoms with Crippen LogP contribution in [0.5, 0.6) is 5.75 Å². The predicted octanol–water partition coefficient (Wildman–Crippen LogP) is 1.30. The lowest BCUT2D eigenvalue weighted by atomic mass is 10.2. The second-order valence-corrected chi connectivity index (χ2v) is 7.28. The van der Waals surface area contributed by atoms with E-state index in [4.69, 9.17) is 4.74 Å². The lowest BCUT2D eigenvalue weighted by molar-refractivity contribution is -0.387. The fraction of sp³-hybridized carbons (Fsp3) is 0.188. The van der Waals surface area contributed by atoms with Crippen LogP contribution in [-0.4, -0.2) is 38.9 Å². The summed E-state index contributed by atoms with van der Waals surface area (Å²) in [7, 11) is -2.88. The molecular formula is C16H15N3O6S. The van der Waals surface area contributed by atoms with Gasteiger partial charge in [-0.1, -0.05) is 24.3 Å². The van der Waals surface area contributed by atoms with Crippen LogP contribution in [0, 0.1) is 10.1 Å². The number of hydrogen-bond acceptors (Lipinski definition) is 6. The number of carbonyl (C=O) groups excluding carboxylic acids is 1. The minimum atomic E-state index is -4.29. The third-order valence-electron chi connectivity index (χ3n) is 3.90. The van der Waals surface area contributed by atoms with E-state index in [1.54, 1.807) is 12.1 Å². The monoisotopic (exact) mass is 377 g/mol. The zero-order chi connectivity index (χ0) is 18.9. The van der Waals surface area contributed by atoms with E-state index in [2.05, 4.69) is 5.32 Å². The van der Waals surface area contributed by atoms with Gasteiger partial charge in [-0.05, 0) is 18.2 Å². The molecular weight excluding hydrogens is 362 g/mol. The van der Waals surface area contributed by atoms with E-state index in [0.717, 1.165) is 10.4 Å². The number of hydrogen-bond donors (Lipinski definition) is 1. The molecule has 1 heterocycles. The molecule has 1 aliphatic rings. The second-order valence-electron chi connectivity index (χ2n) is 5.45. The fourth-order valence-corrected chi connectivity index (χ4v) is 4.31. The summed E-state index contributed by atoms with van der Waals surface area (Å²) in [6.07, 6.45) is -1.08. The molecule has 0 spiro atoms. The maximum absolute atomic E-state index is 13.2. The zero-order valence-corrected chi connectivity index (χ0v) is 14.5. The largest absolute Gasteiger partial charge is 0.476 e. The number of amides is 1. The summed E-state index contributed by atoms with van der Waals surface area (Å²) in [5.41, 5.74) is -0.321. The molecule has 136 valence electrons. The van der Waals surface area contributed by atoms with E-state index in [1.165, 1.54) is 37.4 Å². The Morgan fingerprint density at radius 1 is 1.23 bits per heavy atom. The van der Waals surface area contributed by atoms with Crippen molar-refractivity contribution in [1.82, 2.24) is 5.32 Å². The Kier molecular flexibility index (Phi) is 4.51. The quantitative estimate of drug-likeness (QED) is 0.634. The topological polar surface area (TPSA) is 119 Å². The van der Waals surface area contributed by atoms with Crippen molar-refractivity contribution in [2.24, 2.45) is 0 Å². The van der Waals surface area contributed by atoms with Crippen molar-refractivity contribution < 1.29 is 22.9 Å². The highest BCUT2D eigenvalue weighted by atomic mass is 32.2. The number of nitro groups is 1. The molecule has 0 saturated carbocycles. The molecule has 10 heteroatoms. The molecule has 0 bridgehead atoms. The molecule has 2 aromatic carbocycles. The minimum absolute atomic E-state index is 0.203. The zero-order valence-electron chi connectivity index (χ0n) is 13.7. The molecule has 1 aliphatic heterocycles. The maximum Gasteiger partial charge on any atom is 0.289 e. The highest BCUT2D eigenvalue weighted by Crippen LogP contribution is 2.38. The lowest BCUT2D eigenvalue weighted by Crippen LogP contribution is -2.50. The molecule has 3 rings (SSSR count). The van der Waals surface area contributed by atoms with Crippen molar-refractivity contribution in [3.63, 3.8) is 0 Å². The van der Waals surface area contributed by atoms with E-state index in [-0.39, 0.29) is 18.0 Å². The number of nitrogens with zero attached hydrogens (tertiary/aromatic N) is 2. The van der Waals surface area contributed by atoms with Gasteiger partial charge in [-0.25, -0.2) is 8.42 Å². The number of carbonyl (C=O) groups is 1. The van der Waals surface area contributed by atoms with Crippen molar-refractivity contribution in [3.8, 4) is 5.75 Å². The Balaban J connectivity index is 2.15. The number of para-hydroxylation sites is 3. The Bertz CT molecular complexity index is 975. The first-order valence-corrected chi connectivity index (χ1v) is 9.03. The van der Waals surface area contributed by atoms with Crippen LogP contribution in [0.3, 0.4) is 0 Å². The van der Waals surface area contributed by atoms with Gasteiger partial charge in [-0.15, -0.1) is 0 Å². The molecule has 9 nitrogen and oxygen atoms in total. The van der Waals surface area contributed by atoms with Crippen LogP contribution in [0.1, 0.15) is 0 Å². The van der Waals surface area contributed by atoms with Gasteiger partial charge in [0.2, 0.25) is 0 Å². The Morgan fingerprint density at radius 3 is 2.58 bits per heavy atom. The molecule has 1 N–H and O–H groups in total. The first-order valence-electron chi connectivity index (χ1n) is 7.59. The van der Waals surface area contributed by atoms with Crippen molar-refractivity contribution in [3.05, 3.63) is 58.6 Å². The number of nitro benzene ring substituents is 1. The van der Waals surface area contributed by atoms with Crippen LogP contribution >= 0.6 is 0 Å². The van der Waals surface area contributed by atoms with Crippen molar-refractivity contribution in [2.45, 2.75) is 11.0 Å². The summed E-state index contributed by atoms with van der Waals surface area (Å²) in [6, 6.07) is 11.4. The Hall–Kier alpha value is -3.14. The number of sulfonamides is 1. The van der Waals surface area contributed by atoms with Gasteiger partial charge in [0.25, 0.3) is 21.6 Å². The van der Waals surface area contributed by atoms with Gasteiger partial charge < -0.3 is 10.1 Å². The van der Waals surface area contributed by atoms with Gasteiger partial charge in [-0.2, -0.15) is 0 Å². The number of fused-ring (bicyclic) bond motifs is 1. The summed E-state index contributed by atoms with van der Waals surface area (Å²) in [5, 5.41) is 13.7. The van der Waals surface area contributed by atoms with Crippen LogP contribution in [0.4, 0.5) is 11.4 Å². The summed E-state index contributed by atoms with van der Waals surface area (Å²) in [6.45, 7) is -0.301. The van der Waals surface area contributed by atoms with Gasteiger partial charge in [0.15, 0.2) is 11.0 Å². The number of rotatable bonds is 4. The molecule has 1 amide bonds. The molecule has 0 radical (unpaired) electrons. The predicted molar refractivity (Wildman–Crippen MR) is 92.6 cm³/mol. The molecule has 2 aromatic rings. The fourth-order valence-electron chi connectivity index (χ4n) is 2.67. The van der Waals surface area contributed by atoms with Crippen LogP contribution < -0.4 is 14.4 Å². The molecule has 1 unspecified atom stereocenters. The summed E-state index contributed by atoms with van der Waals surface area (Å²) in [5.74, 6) is -0.295.